The summed E-state index contributed by atoms with van der Waals surface area (Å²) in [5.74, 6) is -0.244. The van der Waals surface area contributed by atoms with E-state index in [-0.39, 0.29) is 36.9 Å². The Morgan fingerprint density at radius 1 is 1.31 bits per heavy atom. The molecule has 1 aliphatic heterocycles. The van der Waals surface area contributed by atoms with Crippen LogP contribution in [0.2, 0.25) is 0 Å². The molecule has 0 bridgehead atoms. The summed E-state index contributed by atoms with van der Waals surface area (Å²) in [5, 5.41) is 0. The minimum absolute atomic E-state index is 0.0448. The zero-order valence-corrected chi connectivity index (χ0v) is 13.7. The highest BCUT2D eigenvalue weighted by Crippen LogP contribution is 2.30. The van der Waals surface area contributed by atoms with Gasteiger partial charge >= 0.3 is 6.18 Å². The fourth-order valence-electron chi connectivity index (χ4n) is 2.43. The first-order valence-electron chi connectivity index (χ1n) is 7.73. The van der Waals surface area contributed by atoms with Gasteiger partial charge in [-0.2, -0.15) is 13.2 Å². The maximum Gasteiger partial charge on any atom is 0.433 e. The van der Waals surface area contributed by atoms with E-state index in [2.05, 4.69) is 9.97 Å². The average Bonchev–Trinajstić information content (AvgIpc) is 2.52. The molecule has 0 saturated carbocycles. The molecule has 1 aliphatic rings. The number of ether oxygens (including phenoxy) is 1. The van der Waals surface area contributed by atoms with Crippen molar-refractivity contribution in [3.63, 3.8) is 0 Å². The maximum atomic E-state index is 12.6. The molecule has 1 amide bonds. The number of alkyl halides is 3. The van der Waals surface area contributed by atoms with Crippen LogP contribution in [0.1, 0.15) is 11.4 Å². The first-order chi connectivity index (χ1) is 12.2. The average molecular weight is 368 g/mol. The van der Waals surface area contributed by atoms with Crippen molar-refractivity contribution in [2.45, 2.75) is 25.7 Å². The predicted octanol–water partition coefficient (Wildman–Crippen LogP) is 1.26. The lowest BCUT2D eigenvalue weighted by Crippen LogP contribution is -2.57. The molecular formula is C16H15F3N4O3. The SMILES string of the molecule is Cc1cc(=O)n(CC(=O)N2CC(Oc3ccnc(C(F)(F)F)c3)C2)cn1. The summed E-state index contributed by atoms with van der Waals surface area (Å²) >= 11 is 0. The molecule has 26 heavy (non-hydrogen) atoms. The molecule has 0 atom stereocenters. The molecule has 2 aromatic heterocycles. The van der Waals surface area contributed by atoms with Gasteiger partial charge < -0.3 is 9.64 Å². The van der Waals surface area contributed by atoms with Crippen molar-refractivity contribution >= 4 is 5.91 Å². The van der Waals surface area contributed by atoms with Crippen molar-refractivity contribution in [3.8, 4) is 5.75 Å². The lowest BCUT2D eigenvalue weighted by molar-refractivity contribution is -0.141. The topological polar surface area (TPSA) is 77.3 Å². The number of hydrogen-bond acceptors (Lipinski definition) is 5. The third-order valence-electron chi connectivity index (χ3n) is 3.85. The second-order valence-corrected chi connectivity index (χ2v) is 5.91. The van der Waals surface area contributed by atoms with Crippen LogP contribution >= 0.6 is 0 Å². The number of halogens is 3. The number of amides is 1. The molecule has 3 heterocycles. The Kier molecular flexibility index (Phi) is 4.66. The summed E-state index contributed by atoms with van der Waals surface area (Å²) in [7, 11) is 0. The largest absolute Gasteiger partial charge is 0.487 e. The smallest absolute Gasteiger partial charge is 0.433 e. The van der Waals surface area contributed by atoms with Gasteiger partial charge in [-0.05, 0) is 13.0 Å². The molecular weight excluding hydrogens is 353 g/mol. The minimum Gasteiger partial charge on any atom is -0.487 e. The number of carbonyl (C=O) groups is 1. The Morgan fingerprint density at radius 2 is 2.04 bits per heavy atom. The van der Waals surface area contributed by atoms with E-state index in [1.165, 1.54) is 27.9 Å². The first-order valence-corrected chi connectivity index (χ1v) is 7.73. The molecule has 0 N–H and O–H groups in total. The van der Waals surface area contributed by atoms with E-state index in [1.807, 2.05) is 0 Å². The summed E-state index contributed by atoms with van der Waals surface area (Å²) in [4.78, 5) is 32.6. The van der Waals surface area contributed by atoms with Gasteiger partial charge in [-0.1, -0.05) is 0 Å². The van der Waals surface area contributed by atoms with E-state index < -0.39 is 18.0 Å². The third-order valence-corrected chi connectivity index (χ3v) is 3.85. The number of pyridine rings is 1. The molecule has 0 unspecified atom stereocenters. The van der Waals surface area contributed by atoms with Crippen LogP contribution in [-0.4, -0.2) is 44.5 Å². The fraction of sp³-hybridized carbons (Fsp3) is 0.375. The van der Waals surface area contributed by atoms with Gasteiger partial charge in [-0.25, -0.2) is 4.98 Å². The zero-order chi connectivity index (χ0) is 18.9. The van der Waals surface area contributed by atoms with Crippen LogP contribution in [0.5, 0.6) is 5.75 Å². The Labute approximate surface area is 146 Å². The summed E-state index contributed by atoms with van der Waals surface area (Å²) in [6.45, 7) is 1.99. The van der Waals surface area contributed by atoms with Crippen LogP contribution in [0.25, 0.3) is 0 Å². The molecule has 1 saturated heterocycles. The van der Waals surface area contributed by atoms with E-state index in [0.29, 0.717) is 5.69 Å². The van der Waals surface area contributed by atoms with E-state index in [1.54, 1.807) is 6.92 Å². The molecule has 2 aromatic rings. The number of aromatic nitrogens is 3. The molecule has 0 spiro atoms. The fourth-order valence-corrected chi connectivity index (χ4v) is 2.43. The van der Waals surface area contributed by atoms with Crippen molar-refractivity contribution in [2.75, 3.05) is 13.1 Å². The van der Waals surface area contributed by atoms with Crippen molar-refractivity contribution in [2.24, 2.45) is 0 Å². The second-order valence-electron chi connectivity index (χ2n) is 5.91. The third kappa shape index (κ3) is 4.01. The first kappa shape index (κ1) is 17.9. The van der Waals surface area contributed by atoms with Gasteiger partial charge in [0.25, 0.3) is 5.56 Å². The molecule has 10 heteroatoms. The van der Waals surface area contributed by atoms with Crippen LogP contribution < -0.4 is 10.3 Å². The maximum absolute atomic E-state index is 12.6. The minimum atomic E-state index is -4.55. The summed E-state index contributed by atoms with van der Waals surface area (Å²) in [6.07, 6.45) is -2.62. The zero-order valence-electron chi connectivity index (χ0n) is 13.7. The molecule has 0 radical (unpaired) electrons. The van der Waals surface area contributed by atoms with E-state index in [9.17, 15) is 22.8 Å². The number of rotatable bonds is 4. The second kappa shape index (κ2) is 6.77. The van der Waals surface area contributed by atoms with E-state index in [4.69, 9.17) is 4.74 Å². The molecule has 7 nitrogen and oxygen atoms in total. The molecule has 1 fully saturated rings. The number of aryl methyl sites for hydroxylation is 1. The summed E-state index contributed by atoms with van der Waals surface area (Å²) < 4.78 is 44.5. The van der Waals surface area contributed by atoms with Gasteiger partial charge in [0.05, 0.1) is 19.4 Å². The molecule has 138 valence electrons. The van der Waals surface area contributed by atoms with E-state index >= 15 is 0 Å². The van der Waals surface area contributed by atoms with Crippen molar-refractivity contribution in [3.05, 3.63) is 52.5 Å². The monoisotopic (exact) mass is 368 g/mol. The van der Waals surface area contributed by atoms with Crippen molar-refractivity contribution < 1.29 is 22.7 Å². The highest BCUT2D eigenvalue weighted by atomic mass is 19.4. The Hall–Kier alpha value is -2.91. The number of likely N-dealkylation sites (tertiary alicyclic amines) is 1. The molecule has 0 aliphatic carbocycles. The molecule has 3 rings (SSSR count). The Balaban J connectivity index is 1.54. The van der Waals surface area contributed by atoms with Gasteiger partial charge in [0, 0.05) is 24.0 Å². The van der Waals surface area contributed by atoms with Crippen molar-refractivity contribution in [1.29, 1.82) is 0 Å². The predicted molar refractivity (Wildman–Crippen MR) is 83.5 cm³/mol. The quantitative estimate of drug-likeness (QED) is 0.812. The van der Waals surface area contributed by atoms with Crippen LogP contribution in [0.4, 0.5) is 13.2 Å². The Bertz CT molecular complexity index is 876. The van der Waals surface area contributed by atoms with Gasteiger partial charge in [0.2, 0.25) is 5.91 Å². The number of carbonyl (C=O) groups excluding carboxylic acids is 1. The summed E-state index contributed by atoms with van der Waals surface area (Å²) in [5.41, 5.74) is -0.796. The van der Waals surface area contributed by atoms with Gasteiger partial charge in [0.15, 0.2) is 0 Å². The van der Waals surface area contributed by atoms with Crippen LogP contribution in [0.15, 0.2) is 35.5 Å². The van der Waals surface area contributed by atoms with Crippen LogP contribution in [-0.2, 0) is 17.5 Å². The molecule has 0 aromatic carbocycles. The van der Waals surface area contributed by atoms with Gasteiger partial charge in [0.1, 0.15) is 24.1 Å². The highest BCUT2D eigenvalue weighted by molar-refractivity contribution is 5.77. The van der Waals surface area contributed by atoms with Gasteiger partial charge in [-0.3, -0.25) is 19.1 Å². The summed E-state index contributed by atoms with van der Waals surface area (Å²) in [6, 6.07) is 3.48. The standard InChI is InChI=1S/C16H15F3N4O3/c1-10-4-14(24)23(9-21-10)8-15(25)22-6-12(7-22)26-11-2-3-20-13(5-11)16(17,18)19/h2-5,9,12H,6-8H2,1H3. The van der Waals surface area contributed by atoms with Crippen LogP contribution in [0, 0.1) is 6.92 Å². The highest BCUT2D eigenvalue weighted by Gasteiger charge is 2.35. The normalized spacial score (nSPS) is 14.8. The van der Waals surface area contributed by atoms with Gasteiger partial charge in [-0.15, -0.1) is 0 Å². The van der Waals surface area contributed by atoms with E-state index in [0.717, 1.165) is 12.3 Å². The Morgan fingerprint density at radius 3 is 2.69 bits per heavy atom. The number of hydrogen-bond donors (Lipinski definition) is 0. The van der Waals surface area contributed by atoms with Crippen LogP contribution in [0.3, 0.4) is 0 Å². The van der Waals surface area contributed by atoms with Crippen molar-refractivity contribution in [1.82, 2.24) is 19.4 Å². The lowest BCUT2D eigenvalue weighted by Gasteiger charge is -2.39. The number of nitrogens with zero attached hydrogens (tertiary/aromatic N) is 4. The lowest BCUT2D eigenvalue weighted by atomic mass is 10.1.